The van der Waals surface area contributed by atoms with E-state index >= 15 is 0 Å². The van der Waals surface area contributed by atoms with Gasteiger partial charge in [0.25, 0.3) is 0 Å². The fourth-order valence-corrected chi connectivity index (χ4v) is 1.60. The lowest BCUT2D eigenvalue weighted by atomic mass is 10.5. The van der Waals surface area contributed by atoms with Gasteiger partial charge in [0.05, 0.1) is 6.61 Å². The predicted octanol–water partition coefficient (Wildman–Crippen LogP) is 0.950. The van der Waals surface area contributed by atoms with Gasteiger partial charge in [0.15, 0.2) is 0 Å². The Bertz CT molecular complexity index is 254. The average Bonchev–Trinajstić information content (AvgIpc) is 2.04. The second-order valence-corrected chi connectivity index (χ2v) is 4.29. The summed E-state index contributed by atoms with van der Waals surface area (Å²) in [6.07, 6.45) is 4.55. The quantitative estimate of drug-likeness (QED) is 0.398. The first-order valence-corrected chi connectivity index (χ1v) is 5.21. The Morgan fingerprint density at radius 2 is 2.31 bits per heavy atom. The average molecular weight is 206 g/mol. The van der Waals surface area contributed by atoms with Crippen LogP contribution in [0.3, 0.4) is 0 Å². The van der Waals surface area contributed by atoms with Gasteiger partial charge in [0.1, 0.15) is 6.16 Å². The van der Waals surface area contributed by atoms with E-state index in [1.54, 1.807) is 0 Å². The molecule has 0 fully saturated rings. The number of carbonyl (C=O) groups is 1. The molecule has 0 bridgehead atoms. The van der Waals surface area contributed by atoms with Crippen molar-refractivity contribution >= 4 is 13.6 Å². The summed E-state index contributed by atoms with van der Waals surface area (Å²) >= 11 is 0. The third kappa shape index (κ3) is 5.42. The van der Waals surface area contributed by atoms with Gasteiger partial charge in [-0.1, -0.05) is 0 Å². The highest BCUT2D eigenvalue weighted by atomic mass is 31.2. The Hall–Kier alpha value is -0.820. The molecule has 5 nitrogen and oxygen atoms in total. The Morgan fingerprint density at radius 1 is 1.69 bits per heavy atom. The monoisotopic (exact) mass is 206 g/mol. The molecule has 1 unspecified atom stereocenters. The first kappa shape index (κ1) is 12.2. The van der Waals surface area contributed by atoms with Crippen LogP contribution < -0.4 is 0 Å². The van der Waals surface area contributed by atoms with Gasteiger partial charge in [-0.3, -0.25) is 9.36 Å². The lowest BCUT2D eigenvalue weighted by molar-refractivity contribution is -0.134. The van der Waals surface area contributed by atoms with Crippen LogP contribution in [0.2, 0.25) is 0 Å². The van der Waals surface area contributed by atoms with Crippen LogP contribution in [0, 0.1) is 12.3 Å². The van der Waals surface area contributed by atoms with Gasteiger partial charge in [0.2, 0.25) is 0 Å². The fourth-order valence-electron chi connectivity index (χ4n) is 0.572. The van der Waals surface area contributed by atoms with E-state index in [0.717, 1.165) is 7.11 Å². The van der Waals surface area contributed by atoms with E-state index in [2.05, 4.69) is 10.4 Å². The summed E-state index contributed by atoms with van der Waals surface area (Å²) < 4.78 is 20.6. The van der Waals surface area contributed by atoms with Crippen molar-refractivity contribution in [3.05, 3.63) is 0 Å². The van der Waals surface area contributed by atoms with Crippen molar-refractivity contribution in [2.24, 2.45) is 0 Å². The van der Waals surface area contributed by atoms with Gasteiger partial charge >= 0.3 is 13.6 Å². The lowest BCUT2D eigenvalue weighted by Gasteiger charge is -2.12. The Labute approximate surface area is 76.6 Å². The molecule has 1 atom stereocenters. The van der Waals surface area contributed by atoms with Crippen LogP contribution in [0.4, 0.5) is 0 Å². The lowest BCUT2D eigenvalue weighted by Crippen LogP contribution is -2.07. The van der Waals surface area contributed by atoms with Crippen LogP contribution in [-0.4, -0.2) is 31.0 Å². The third-order valence-corrected chi connectivity index (χ3v) is 2.93. The summed E-state index contributed by atoms with van der Waals surface area (Å²) in [7, 11) is -2.34. The molecule has 0 aliphatic carbocycles. The van der Waals surface area contributed by atoms with Crippen molar-refractivity contribution in [2.75, 3.05) is 19.9 Å². The van der Waals surface area contributed by atoms with Crippen LogP contribution in [0.25, 0.3) is 0 Å². The molecule has 1 N–H and O–H groups in total. The SMILES string of the molecule is C#CCCOP(=O)(CC(=O)O)OC. The number of carboxylic acids is 1. The maximum Gasteiger partial charge on any atom is 0.341 e. The Morgan fingerprint density at radius 3 is 2.69 bits per heavy atom. The number of rotatable bonds is 6. The molecule has 0 aliphatic heterocycles. The minimum absolute atomic E-state index is 0.0366. The zero-order valence-electron chi connectivity index (χ0n) is 7.23. The standard InChI is InChI=1S/C7H11O5P/c1-3-4-5-12-13(10,11-2)6-7(8)9/h1H,4-6H2,2H3,(H,8,9). The van der Waals surface area contributed by atoms with E-state index in [-0.39, 0.29) is 13.0 Å². The molecule has 6 heteroatoms. The van der Waals surface area contributed by atoms with Crippen molar-refractivity contribution in [2.45, 2.75) is 6.42 Å². The largest absolute Gasteiger partial charge is 0.481 e. The second-order valence-electron chi connectivity index (χ2n) is 2.13. The van der Waals surface area contributed by atoms with Gasteiger partial charge in [-0.05, 0) is 0 Å². The van der Waals surface area contributed by atoms with Gasteiger partial charge in [0, 0.05) is 13.5 Å². The molecule has 0 heterocycles. The molecule has 0 radical (unpaired) electrons. The van der Waals surface area contributed by atoms with E-state index in [1.807, 2.05) is 0 Å². The highest BCUT2D eigenvalue weighted by molar-refractivity contribution is 7.54. The van der Waals surface area contributed by atoms with Crippen molar-refractivity contribution in [1.82, 2.24) is 0 Å². The number of hydrogen-bond donors (Lipinski definition) is 1. The van der Waals surface area contributed by atoms with Gasteiger partial charge in [-0.2, -0.15) is 0 Å². The highest BCUT2D eigenvalue weighted by Crippen LogP contribution is 2.46. The minimum Gasteiger partial charge on any atom is -0.481 e. The summed E-state index contributed by atoms with van der Waals surface area (Å²) in [6.45, 7) is 0.0366. The molecule has 0 aliphatic rings. The Balaban J connectivity index is 4.06. The molecular formula is C7H11O5P. The molecule has 0 saturated carbocycles. The van der Waals surface area contributed by atoms with Gasteiger partial charge < -0.3 is 14.2 Å². The summed E-state index contributed by atoms with van der Waals surface area (Å²) in [5.74, 6) is 1.04. The summed E-state index contributed by atoms with van der Waals surface area (Å²) in [5, 5.41) is 8.36. The topological polar surface area (TPSA) is 72.8 Å². The minimum atomic E-state index is -3.48. The van der Waals surface area contributed by atoms with E-state index in [1.165, 1.54) is 0 Å². The van der Waals surface area contributed by atoms with Crippen molar-refractivity contribution in [3.63, 3.8) is 0 Å². The summed E-state index contributed by atoms with van der Waals surface area (Å²) in [6, 6.07) is 0. The van der Waals surface area contributed by atoms with E-state index in [0.29, 0.717) is 0 Å². The predicted molar refractivity (Wildman–Crippen MR) is 46.5 cm³/mol. The van der Waals surface area contributed by atoms with E-state index < -0.39 is 19.7 Å². The van der Waals surface area contributed by atoms with Crippen molar-refractivity contribution < 1.29 is 23.5 Å². The third-order valence-electron chi connectivity index (χ3n) is 1.14. The molecule has 0 aromatic carbocycles. The highest BCUT2D eigenvalue weighted by Gasteiger charge is 2.26. The molecule has 0 aromatic heterocycles. The molecule has 74 valence electrons. The maximum absolute atomic E-state index is 11.4. The maximum atomic E-state index is 11.4. The second kappa shape index (κ2) is 5.76. The van der Waals surface area contributed by atoms with Crippen LogP contribution in [0.5, 0.6) is 0 Å². The van der Waals surface area contributed by atoms with Crippen LogP contribution in [0.15, 0.2) is 0 Å². The number of terminal acetylenes is 1. The van der Waals surface area contributed by atoms with E-state index in [4.69, 9.17) is 16.1 Å². The number of carboxylic acid groups (broad SMARTS) is 1. The molecule has 0 spiro atoms. The Kier molecular flexibility index (Phi) is 5.40. The zero-order valence-corrected chi connectivity index (χ0v) is 8.12. The van der Waals surface area contributed by atoms with Gasteiger partial charge in [-0.25, -0.2) is 0 Å². The van der Waals surface area contributed by atoms with Crippen LogP contribution in [0.1, 0.15) is 6.42 Å². The normalized spacial score (nSPS) is 14.5. The van der Waals surface area contributed by atoms with Crippen LogP contribution >= 0.6 is 7.60 Å². The first-order chi connectivity index (χ1) is 6.04. The molecule has 0 saturated heterocycles. The fraction of sp³-hybridized carbons (Fsp3) is 0.571. The summed E-state index contributed by atoms with van der Waals surface area (Å²) in [5.41, 5.74) is 0. The first-order valence-electron chi connectivity index (χ1n) is 3.48. The number of hydrogen-bond acceptors (Lipinski definition) is 4. The van der Waals surface area contributed by atoms with Crippen molar-refractivity contribution in [3.8, 4) is 12.3 Å². The zero-order chi connectivity index (χ0) is 10.3. The van der Waals surface area contributed by atoms with E-state index in [9.17, 15) is 9.36 Å². The molecule has 0 amide bonds. The molecule has 13 heavy (non-hydrogen) atoms. The number of aliphatic carboxylic acids is 1. The van der Waals surface area contributed by atoms with Gasteiger partial charge in [-0.15, -0.1) is 12.3 Å². The molecule has 0 rings (SSSR count). The summed E-state index contributed by atoms with van der Waals surface area (Å²) in [4.78, 5) is 10.2. The molecule has 0 aromatic rings. The van der Waals surface area contributed by atoms with Crippen molar-refractivity contribution in [1.29, 1.82) is 0 Å². The smallest absolute Gasteiger partial charge is 0.341 e. The van der Waals surface area contributed by atoms with Crippen LogP contribution in [-0.2, 0) is 18.4 Å². The molecular weight excluding hydrogens is 195 g/mol.